The second-order valence-electron chi connectivity index (χ2n) is 3.85. The van der Waals surface area contributed by atoms with E-state index in [9.17, 15) is 18.5 Å². The average Bonchev–Trinajstić information content (AvgIpc) is 2.24. The number of sulfonamides is 1. The maximum Gasteiger partial charge on any atom is 0.274 e. The van der Waals surface area contributed by atoms with Crippen LogP contribution < -0.4 is 10.5 Å². The number of primary sulfonamides is 1. The third kappa shape index (κ3) is 4.30. The Labute approximate surface area is 105 Å². The van der Waals surface area contributed by atoms with Crippen LogP contribution in [-0.4, -0.2) is 25.6 Å². The minimum atomic E-state index is -3.46. The van der Waals surface area contributed by atoms with Crippen molar-refractivity contribution in [2.45, 2.75) is 13.3 Å². The molecule has 1 rings (SSSR count). The van der Waals surface area contributed by atoms with E-state index in [4.69, 9.17) is 5.14 Å². The molecule has 100 valence electrons. The molecule has 0 saturated carbocycles. The van der Waals surface area contributed by atoms with Crippen molar-refractivity contribution in [1.29, 1.82) is 0 Å². The molecular formula is C10H15N3O4S. The summed E-state index contributed by atoms with van der Waals surface area (Å²) in [6.45, 7) is 2.03. The quantitative estimate of drug-likeness (QED) is 0.455. The number of nitrogens with zero attached hydrogens (tertiary/aromatic N) is 1. The van der Waals surface area contributed by atoms with Crippen LogP contribution in [0, 0.1) is 17.0 Å². The van der Waals surface area contributed by atoms with Gasteiger partial charge in [0.05, 0.1) is 10.7 Å². The van der Waals surface area contributed by atoms with Crippen LogP contribution in [-0.2, 0) is 10.0 Å². The van der Waals surface area contributed by atoms with E-state index in [1.54, 1.807) is 19.1 Å². The van der Waals surface area contributed by atoms with Crippen LogP contribution in [0.25, 0.3) is 0 Å². The zero-order valence-electron chi connectivity index (χ0n) is 9.92. The van der Waals surface area contributed by atoms with Gasteiger partial charge in [0.2, 0.25) is 10.0 Å². The van der Waals surface area contributed by atoms with E-state index in [-0.39, 0.29) is 11.4 Å². The predicted molar refractivity (Wildman–Crippen MR) is 68.9 cm³/mol. The molecule has 0 aromatic heterocycles. The number of hydrogen-bond acceptors (Lipinski definition) is 5. The zero-order chi connectivity index (χ0) is 13.8. The topological polar surface area (TPSA) is 115 Å². The fourth-order valence-corrected chi connectivity index (χ4v) is 2.06. The fraction of sp³-hybridized carbons (Fsp3) is 0.400. The van der Waals surface area contributed by atoms with Gasteiger partial charge < -0.3 is 5.32 Å². The Morgan fingerprint density at radius 1 is 1.44 bits per heavy atom. The third-order valence-corrected chi connectivity index (χ3v) is 3.28. The van der Waals surface area contributed by atoms with Gasteiger partial charge in [0.15, 0.2) is 0 Å². The SMILES string of the molecule is Cc1c(NCCCS(N)(=O)=O)cccc1[N+](=O)[O-]. The minimum absolute atomic E-state index is 0.0337. The highest BCUT2D eigenvalue weighted by molar-refractivity contribution is 7.89. The molecule has 18 heavy (non-hydrogen) atoms. The highest BCUT2D eigenvalue weighted by atomic mass is 32.2. The molecular weight excluding hydrogens is 258 g/mol. The Balaban J connectivity index is 2.63. The maximum absolute atomic E-state index is 10.7. The molecule has 8 heteroatoms. The van der Waals surface area contributed by atoms with Gasteiger partial charge in [-0.1, -0.05) is 6.07 Å². The van der Waals surface area contributed by atoms with Crippen molar-refractivity contribution in [3.63, 3.8) is 0 Å². The zero-order valence-corrected chi connectivity index (χ0v) is 10.7. The average molecular weight is 273 g/mol. The normalized spacial score (nSPS) is 11.2. The molecule has 0 aliphatic rings. The summed E-state index contributed by atoms with van der Waals surface area (Å²) in [6, 6.07) is 4.71. The first-order chi connectivity index (χ1) is 8.31. The van der Waals surface area contributed by atoms with E-state index in [0.717, 1.165) is 0 Å². The summed E-state index contributed by atoms with van der Waals surface area (Å²) in [5.74, 6) is -0.117. The van der Waals surface area contributed by atoms with E-state index in [1.165, 1.54) is 6.07 Å². The summed E-state index contributed by atoms with van der Waals surface area (Å²) < 4.78 is 21.4. The second-order valence-corrected chi connectivity index (χ2v) is 5.59. The molecule has 0 bridgehead atoms. The Morgan fingerprint density at radius 3 is 2.67 bits per heavy atom. The van der Waals surface area contributed by atoms with E-state index in [1.807, 2.05) is 0 Å². The Kier molecular flexibility index (Phi) is 4.62. The number of anilines is 1. The number of nitro benzene ring substituents is 1. The van der Waals surface area contributed by atoms with Gasteiger partial charge in [0, 0.05) is 23.9 Å². The Bertz CT molecular complexity index is 542. The van der Waals surface area contributed by atoms with E-state index >= 15 is 0 Å². The lowest BCUT2D eigenvalue weighted by molar-refractivity contribution is -0.385. The van der Waals surface area contributed by atoms with Gasteiger partial charge in [0.1, 0.15) is 0 Å². The molecule has 0 aliphatic heterocycles. The summed E-state index contributed by atoms with van der Waals surface area (Å²) in [7, 11) is -3.46. The van der Waals surface area contributed by atoms with Crippen LogP contribution >= 0.6 is 0 Å². The molecule has 0 atom stereocenters. The Hall–Kier alpha value is -1.67. The van der Waals surface area contributed by atoms with Crippen molar-refractivity contribution in [3.05, 3.63) is 33.9 Å². The van der Waals surface area contributed by atoms with Crippen molar-refractivity contribution in [2.24, 2.45) is 5.14 Å². The van der Waals surface area contributed by atoms with Gasteiger partial charge in [0.25, 0.3) is 5.69 Å². The summed E-state index contributed by atoms with van der Waals surface area (Å²) >= 11 is 0. The van der Waals surface area contributed by atoms with E-state index in [2.05, 4.69) is 5.32 Å². The molecule has 0 amide bonds. The van der Waals surface area contributed by atoms with Gasteiger partial charge in [-0.15, -0.1) is 0 Å². The lowest BCUT2D eigenvalue weighted by Gasteiger charge is -2.09. The van der Waals surface area contributed by atoms with Crippen molar-refractivity contribution in [2.75, 3.05) is 17.6 Å². The number of nitrogens with two attached hydrogens (primary N) is 1. The fourth-order valence-electron chi connectivity index (χ4n) is 1.51. The first-order valence-electron chi connectivity index (χ1n) is 5.29. The Morgan fingerprint density at radius 2 is 2.11 bits per heavy atom. The number of nitro groups is 1. The largest absolute Gasteiger partial charge is 0.385 e. The van der Waals surface area contributed by atoms with E-state index in [0.29, 0.717) is 24.2 Å². The van der Waals surface area contributed by atoms with Crippen LogP contribution in [0.3, 0.4) is 0 Å². The van der Waals surface area contributed by atoms with Crippen molar-refractivity contribution in [1.82, 2.24) is 0 Å². The molecule has 1 aromatic carbocycles. The van der Waals surface area contributed by atoms with Crippen LogP contribution in [0.1, 0.15) is 12.0 Å². The van der Waals surface area contributed by atoms with Gasteiger partial charge in [-0.05, 0) is 19.4 Å². The standard InChI is InChI=1S/C10H15N3O4S/c1-8-9(4-2-5-10(8)13(14)15)12-6-3-7-18(11,16)17/h2,4-5,12H,3,6-7H2,1H3,(H2,11,16,17). The van der Waals surface area contributed by atoms with Gasteiger partial charge >= 0.3 is 0 Å². The number of benzene rings is 1. The lowest BCUT2D eigenvalue weighted by Crippen LogP contribution is -2.18. The van der Waals surface area contributed by atoms with Crippen molar-refractivity contribution in [3.8, 4) is 0 Å². The third-order valence-electron chi connectivity index (χ3n) is 2.42. The second kappa shape index (κ2) is 5.78. The summed E-state index contributed by atoms with van der Waals surface area (Å²) in [6.07, 6.45) is 0.348. The van der Waals surface area contributed by atoms with Gasteiger partial charge in [-0.25, -0.2) is 13.6 Å². The molecule has 0 saturated heterocycles. The minimum Gasteiger partial charge on any atom is -0.385 e. The van der Waals surface area contributed by atoms with Gasteiger partial charge in [-0.3, -0.25) is 10.1 Å². The number of nitrogens with one attached hydrogen (secondary N) is 1. The van der Waals surface area contributed by atoms with Crippen LogP contribution in [0.2, 0.25) is 0 Å². The first kappa shape index (κ1) is 14.4. The van der Waals surface area contributed by atoms with Gasteiger partial charge in [-0.2, -0.15) is 0 Å². The smallest absolute Gasteiger partial charge is 0.274 e. The molecule has 1 aromatic rings. The summed E-state index contributed by atoms with van der Waals surface area (Å²) in [5, 5.41) is 18.5. The van der Waals surface area contributed by atoms with E-state index < -0.39 is 14.9 Å². The van der Waals surface area contributed by atoms with Crippen LogP contribution in [0.15, 0.2) is 18.2 Å². The molecule has 7 nitrogen and oxygen atoms in total. The molecule has 3 N–H and O–H groups in total. The molecule has 0 unspecified atom stereocenters. The van der Waals surface area contributed by atoms with Crippen molar-refractivity contribution >= 4 is 21.4 Å². The predicted octanol–water partition coefficient (Wildman–Crippen LogP) is 0.994. The number of rotatable bonds is 6. The molecule has 0 heterocycles. The van der Waals surface area contributed by atoms with Crippen LogP contribution in [0.4, 0.5) is 11.4 Å². The monoisotopic (exact) mass is 273 g/mol. The molecule has 0 aliphatic carbocycles. The summed E-state index contributed by atoms with van der Waals surface area (Å²) in [4.78, 5) is 10.3. The lowest BCUT2D eigenvalue weighted by atomic mass is 10.1. The molecule has 0 radical (unpaired) electrons. The van der Waals surface area contributed by atoms with Crippen LogP contribution in [0.5, 0.6) is 0 Å². The summed E-state index contributed by atoms with van der Waals surface area (Å²) in [5.41, 5.74) is 1.18. The molecule has 0 fully saturated rings. The highest BCUT2D eigenvalue weighted by Crippen LogP contribution is 2.24. The first-order valence-corrected chi connectivity index (χ1v) is 7.01. The van der Waals surface area contributed by atoms with Crippen molar-refractivity contribution < 1.29 is 13.3 Å². The molecule has 0 spiro atoms. The number of hydrogen-bond donors (Lipinski definition) is 2. The maximum atomic E-state index is 10.7. The highest BCUT2D eigenvalue weighted by Gasteiger charge is 2.12.